The quantitative estimate of drug-likeness (QED) is 0.0798. The summed E-state index contributed by atoms with van der Waals surface area (Å²) in [6, 6.07) is 25.9. The van der Waals surface area contributed by atoms with Gasteiger partial charge in [-0.2, -0.15) is 11.8 Å². The molecule has 0 heterocycles. The van der Waals surface area contributed by atoms with Gasteiger partial charge in [0, 0.05) is 35.5 Å². The monoisotopic (exact) mass is 622 g/mol. The van der Waals surface area contributed by atoms with Crippen molar-refractivity contribution in [2.75, 3.05) is 28.7 Å². The lowest BCUT2D eigenvalue weighted by Gasteiger charge is -2.24. The molecule has 0 amide bonds. The molecule has 4 aromatic rings. The summed E-state index contributed by atoms with van der Waals surface area (Å²) in [7, 11) is 0. The molecule has 5 rings (SSSR count). The van der Waals surface area contributed by atoms with Gasteiger partial charge in [0.15, 0.2) is 11.6 Å². The van der Waals surface area contributed by atoms with Gasteiger partial charge >= 0.3 is 5.97 Å². The Morgan fingerprint density at radius 2 is 1.27 bits per heavy atom. The van der Waals surface area contributed by atoms with E-state index in [1.54, 1.807) is 24.3 Å². The number of aryl methyl sites for hydroxylation is 1. The van der Waals surface area contributed by atoms with Gasteiger partial charge in [0.1, 0.15) is 6.61 Å². The van der Waals surface area contributed by atoms with Gasteiger partial charge in [-0.25, -0.2) is 0 Å². The predicted octanol–water partition coefficient (Wildman–Crippen LogP) is 7.98. The van der Waals surface area contributed by atoms with Crippen molar-refractivity contribution in [3.8, 4) is 0 Å². The summed E-state index contributed by atoms with van der Waals surface area (Å²) in [6.45, 7) is 2.44. The zero-order chi connectivity index (χ0) is 31.6. The van der Waals surface area contributed by atoms with E-state index in [2.05, 4.69) is 10.6 Å². The van der Waals surface area contributed by atoms with E-state index in [0.29, 0.717) is 40.0 Å². The smallest absolute Gasteiger partial charge is 0.306 e. The summed E-state index contributed by atoms with van der Waals surface area (Å²) >= 11 is 1.84. The first-order chi connectivity index (χ1) is 21.9. The molecular formula is C37H38N2O5S. The molecule has 4 aromatic carbocycles. The first-order valence-corrected chi connectivity index (χ1v) is 16.5. The van der Waals surface area contributed by atoms with E-state index >= 15 is 0 Å². The van der Waals surface area contributed by atoms with Gasteiger partial charge in [-0.05, 0) is 79.7 Å². The molecule has 3 N–H and O–H groups in total. The van der Waals surface area contributed by atoms with Crippen LogP contribution in [0.3, 0.4) is 0 Å². The Kier molecular flexibility index (Phi) is 11.1. The third kappa shape index (κ3) is 8.21. The summed E-state index contributed by atoms with van der Waals surface area (Å²) in [5.74, 6) is 1.40. The van der Waals surface area contributed by atoms with Crippen molar-refractivity contribution in [1.82, 2.24) is 0 Å². The highest BCUT2D eigenvalue weighted by Crippen LogP contribution is 2.38. The molecule has 0 saturated carbocycles. The molecule has 0 unspecified atom stereocenters. The number of hydrogen-bond acceptors (Lipinski definition) is 8. The Hall–Kier alpha value is -4.40. The van der Waals surface area contributed by atoms with Crippen LogP contribution in [0.4, 0.5) is 22.7 Å². The average Bonchev–Trinajstić information content (AvgIpc) is 3.06. The topological polar surface area (TPSA) is 105 Å². The number of esters is 1. The molecule has 7 nitrogen and oxygen atoms in total. The van der Waals surface area contributed by atoms with Crippen LogP contribution in [0.25, 0.3) is 0 Å². The van der Waals surface area contributed by atoms with E-state index in [4.69, 9.17) is 9.84 Å². The number of hydrogen-bond donors (Lipinski definition) is 3. The zero-order valence-electron chi connectivity index (χ0n) is 25.4. The summed E-state index contributed by atoms with van der Waals surface area (Å²) in [5, 5.41) is 15.5. The highest BCUT2D eigenvalue weighted by molar-refractivity contribution is 7.99. The highest BCUT2D eigenvalue weighted by Gasteiger charge is 2.34. The van der Waals surface area contributed by atoms with E-state index < -0.39 is 0 Å². The van der Waals surface area contributed by atoms with Crippen LogP contribution in [0.2, 0.25) is 0 Å². The van der Waals surface area contributed by atoms with Gasteiger partial charge in [-0.1, -0.05) is 60.5 Å². The molecule has 1 aliphatic carbocycles. The number of ether oxygens (including phenoxy) is 1. The van der Waals surface area contributed by atoms with E-state index in [1.165, 1.54) is 0 Å². The second-order valence-corrected chi connectivity index (χ2v) is 12.3. The first kappa shape index (κ1) is 32.0. The summed E-state index contributed by atoms with van der Waals surface area (Å²) in [4.78, 5) is 39.8. The molecule has 1 aliphatic rings. The number of carbonyl (C=O) groups is 3. The highest BCUT2D eigenvalue weighted by atomic mass is 32.2. The fourth-order valence-corrected chi connectivity index (χ4v) is 6.16. The van der Waals surface area contributed by atoms with Gasteiger partial charge in [0.2, 0.25) is 0 Å². The van der Waals surface area contributed by atoms with E-state index in [1.807, 2.05) is 79.3 Å². The lowest BCUT2D eigenvalue weighted by Crippen LogP contribution is -2.23. The number of benzene rings is 4. The van der Waals surface area contributed by atoms with E-state index in [9.17, 15) is 14.4 Å². The number of anilines is 4. The minimum atomic E-state index is -0.209. The van der Waals surface area contributed by atoms with Crippen LogP contribution in [0.15, 0.2) is 84.9 Å². The number of fused-ring (bicyclic) bond motifs is 2. The minimum absolute atomic E-state index is 0.189. The molecule has 0 spiro atoms. The van der Waals surface area contributed by atoms with Crippen molar-refractivity contribution in [3.05, 3.63) is 118 Å². The third-order valence-electron chi connectivity index (χ3n) is 7.66. The molecule has 0 atom stereocenters. The van der Waals surface area contributed by atoms with Crippen molar-refractivity contribution in [1.29, 1.82) is 0 Å². The summed E-state index contributed by atoms with van der Waals surface area (Å²) in [5.41, 5.74) is 6.11. The summed E-state index contributed by atoms with van der Waals surface area (Å²) < 4.78 is 5.47. The number of aliphatic hydroxyl groups excluding tert-OH is 1. The lowest BCUT2D eigenvalue weighted by atomic mass is 9.82. The number of nitrogens with one attached hydrogen (secondary N) is 2. The second-order valence-electron chi connectivity index (χ2n) is 11.1. The second kappa shape index (κ2) is 15.5. The standard InChI is InChI=1S/C37H38N2O5S/c1-25-11-15-27(16-12-25)38-31-19-20-32(35-34(31)36(42)29-8-4-5-9-30(29)37(35)43)39-28-17-13-26(14-18-28)24-44-33(41)10-3-2-6-22-45-23-7-21-40/h4-5,8-9,11-20,38-40H,2-3,6-7,10,21-24H2,1H3. The number of rotatable bonds is 15. The Balaban J connectivity index is 1.24. The summed E-state index contributed by atoms with van der Waals surface area (Å²) in [6.07, 6.45) is 4.06. The zero-order valence-corrected chi connectivity index (χ0v) is 26.3. The van der Waals surface area contributed by atoms with Gasteiger partial charge < -0.3 is 20.5 Å². The Bertz CT molecular complexity index is 1650. The van der Waals surface area contributed by atoms with Crippen molar-refractivity contribution >= 4 is 52.0 Å². The number of aliphatic hydroxyl groups is 1. The number of thioether (sulfide) groups is 1. The fraction of sp³-hybridized carbons (Fsp3) is 0.270. The normalized spacial score (nSPS) is 12.0. The fourth-order valence-electron chi connectivity index (χ4n) is 5.22. The molecular weight excluding hydrogens is 584 g/mol. The van der Waals surface area contributed by atoms with E-state index in [-0.39, 0.29) is 30.7 Å². The van der Waals surface area contributed by atoms with Gasteiger partial charge in [0.05, 0.1) is 22.5 Å². The van der Waals surface area contributed by atoms with Crippen LogP contribution in [-0.4, -0.2) is 40.8 Å². The number of ketones is 2. The Morgan fingerprint density at radius 3 is 1.84 bits per heavy atom. The van der Waals surface area contributed by atoms with Gasteiger partial charge in [0.25, 0.3) is 0 Å². The molecule has 0 fully saturated rings. The molecule has 0 aliphatic heterocycles. The van der Waals surface area contributed by atoms with Crippen LogP contribution in [-0.2, 0) is 16.1 Å². The molecule has 0 bridgehead atoms. The van der Waals surface area contributed by atoms with Crippen molar-refractivity contribution in [2.24, 2.45) is 0 Å². The molecule has 0 saturated heterocycles. The van der Waals surface area contributed by atoms with Crippen molar-refractivity contribution < 1.29 is 24.2 Å². The minimum Gasteiger partial charge on any atom is -0.461 e. The third-order valence-corrected chi connectivity index (χ3v) is 8.81. The average molecular weight is 623 g/mol. The number of carbonyl (C=O) groups excluding carboxylic acids is 3. The molecule has 232 valence electrons. The Labute approximate surface area is 268 Å². The van der Waals surface area contributed by atoms with Crippen molar-refractivity contribution in [2.45, 2.75) is 45.6 Å². The molecule has 0 radical (unpaired) electrons. The van der Waals surface area contributed by atoms with Crippen molar-refractivity contribution in [3.63, 3.8) is 0 Å². The van der Waals surface area contributed by atoms with Crippen LogP contribution < -0.4 is 10.6 Å². The molecule has 45 heavy (non-hydrogen) atoms. The SMILES string of the molecule is Cc1ccc(Nc2ccc(Nc3ccc(COC(=O)CCCCCSCCCO)cc3)c3c2C(=O)c2ccccc2C3=O)cc1. The maximum Gasteiger partial charge on any atom is 0.306 e. The van der Waals surface area contributed by atoms with Crippen LogP contribution in [0.1, 0.15) is 75.1 Å². The first-order valence-electron chi connectivity index (χ1n) is 15.3. The maximum atomic E-state index is 13.8. The maximum absolute atomic E-state index is 13.8. The lowest BCUT2D eigenvalue weighted by molar-refractivity contribution is -0.145. The predicted molar refractivity (Wildman–Crippen MR) is 181 cm³/mol. The molecule has 8 heteroatoms. The molecule has 0 aromatic heterocycles. The van der Waals surface area contributed by atoms with Crippen LogP contribution in [0.5, 0.6) is 0 Å². The van der Waals surface area contributed by atoms with Crippen LogP contribution >= 0.6 is 11.8 Å². The Morgan fingerprint density at radius 1 is 0.711 bits per heavy atom. The van der Waals surface area contributed by atoms with E-state index in [0.717, 1.165) is 59.7 Å². The largest absolute Gasteiger partial charge is 0.461 e. The van der Waals surface area contributed by atoms with Crippen LogP contribution in [0, 0.1) is 6.92 Å². The number of unbranched alkanes of at least 4 members (excludes halogenated alkanes) is 2. The van der Waals surface area contributed by atoms with Gasteiger partial charge in [-0.15, -0.1) is 0 Å². The van der Waals surface area contributed by atoms with Gasteiger partial charge in [-0.3, -0.25) is 14.4 Å².